The van der Waals surface area contributed by atoms with E-state index < -0.39 is 32.5 Å². The zero-order valence-electron chi connectivity index (χ0n) is 31.9. The number of benzene rings is 3. The summed E-state index contributed by atoms with van der Waals surface area (Å²) >= 11 is 0. The molecule has 3 atom stereocenters. The predicted octanol–water partition coefficient (Wildman–Crippen LogP) is 4.78. The summed E-state index contributed by atoms with van der Waals surface area (Å²) < 4.78 is 73.1. The lowest BCUT2D eigenvalue weighted by atomic mass is 9.74. The lowest BCUT2D eigenvalue weighted by Crippen LogP contribution is -2.73. The Morgan fingerprint density at radius 1 is 0.947 bits per heavy atom. The second kappa shape index (κ2) is 15.4. The first-order valence-electron chi connectivity index (χ1n) is 18.6. The molecule has 5 aliphatic rings. The van der Waals surface area contributed by atoms with Crippen molar-refractivity contribution in [2.45, 2.75) is 38.7 Å². The maximum Gasteiger partial charge on any atom is 0.485 e. The molecule has 3 aromatic rings. The fraction of sp³-hybridized carbons (Fsp3) is 0.462. The van der Waals surface area contributed by atoms with Gasteiger partial charge in [0.15, 0.2) is 10.1 Å². The summed E-state index contributed by atoms with van der Waals surface area (Å²) in [6.07, 6.45) is 0.987. The third-order valence-electron chi connectivity index (χ3n) is 12.0. The maximum atomic E-state index is 13.7. The number of hydrogen-bond donors (Lipinski definition) is 0. The van der Waals surface area contributed by atoms with E-state index in [1.54, 1.807) is 0 Å². The van der Waals surface area contributed by atoms with Gasteiger partial charge in [-0.1, -0.05) is 51.1 Å². The van der Waals surface area contributed by atoms with Gasteiger partial charge < -0.3 is 27.9 Å². The zero-order valence-corrected chi connectivity index (χ0v) is 32.7. The van der Waals surface area contributed by atoms with E-state index >= 15 is 0 Å². The maximum absolute atomic E-state index is 13.7. The van der Waals surface area contributed by atoms with Crippen LogP contribution in [0.25, 0.3) is 10.8 Å². The SMILES string of the molecule is CC(C)[C@H]1C(=O)N2C(C(=O)OC(=O)c3ccc([N+](=O)[O-])cc3)=C(COc3cccc4c(CC[N+]56CC[N+](C)(CC5)CC6)cccc34)[C@H](C)[C@H]12.O=S(=O)([O-])C(F)(F)F. The Hall–Kier alpha value is -4.91. The lowest BCUT2D eigenvalue weighted by molar-refractivity contribution is -1.07. The Labute approximate surface area is 327 Å². The third kappa shape index (κ3) is 8.26. The Balaban J connectivity index is 0.000000622. The topological polar surface area (TPSA) is 173 Å². The van der Waals surface area contributed by atoms with Crippen LogP contribution in [0.15, 0.2) is 71.9 Å². The van der Waals surface area contributed by atoms with Gasteiger partial charge in [0.25, 0.3) is 5.69 Å². The number of carbonyl (C=O) groups is 3. The van der Waals surface area contributed by atoms with Gasteiger partial charge in [-0.2, -0.15) is 13.2 Å². The van der Waals surface area contributed by atoms with Crippen molar-refractivity contribution in [3.05, 3.63) is 93.2 Å². The van der Waals surface area contributed by atoms with Crippen molar-refractivity contribution in [2.24, 2.45) is 17.8 Å². The molecule has 14 nitrogen and oxygen atoms in total. The number of halogens is 3. The van der Waals surface area contributed by atoms with Crippen molar-refractivity contribution in [1.29, 1.82) is 0 Å². The van der Waals surface area contributed by atoms with Crippen LogP contribution in [-0.2, 0) is 30.9 Å². The summed E-state index contributed by atoms with van der Waals surface area (Å²) in [5, 5.41) is 13.2. The number of rotatable bonds is 10. The minimum absolute atomic E-state index is 0.00971. The number of piperazine rings is 3. The number of ether oxygens (including phenoxy) is 2. The van der Waals surface area contributed by atoms with Crippen LogP contribution >= 0.6 is 0 Å². The zero-order chi connectivity index (χ0) is 41.7. The van der Waals surface area contributed by atoms with Crippen molar-refractivity contribution in [2.75, 3.05) is 59.5 Å². The number of esters is 2. The number of nitro groups is 1. The van der Waals surface area contributed by atoms with Gasteiger partial charge in [0, 0.05) is 35.4 Å². The molecular weight excluding hydrogens is 774 g/mol. The van der Waals surface area contributed by atoms with Crippen LogP contribution < -0.4 is 4.74 Å². The Bertz CT molecular complexity index is 2220. The molecule has 2 bridgehead atoms. The van der Waals surface area contributed by atoms with Crippen molar-refractivity contribution in [3.8, 4) is 5.75 Å². The summed E-state index contributed by atoms with van der Waals surface area (Å²) in [4.78, 5) is 51.9. The van der Waals surface area contributed by atoms with E-state index in [-0.39, 0.29) is 53.3 Å². The average Bonchev–Trinajstić information content (AvgIpc) is 3.40. The minimum Gasteiger partial charge on any atom is -0.741 e. The summed E-state index contributed by atoms with van der Waals surface area (Å²) in [5.41, 5.74) is -3.90. The number of fused-ring (bicyclic) bond motifs is 5. The van der Waals surface area contributed by atoms with Crippen LogP contribution in [0.2, 0.25) is 0 Å². The number of quaternary nitrogens is 2. The van der Waals surface area contributed by atoms with E-state index in [9.17, 15) is 37.7 Å². The largest absolute Gasteiger partial charge is 0.741 e. The molecule has 0 spiro atoms. The van der Waals surface area contributed by atoms with E-state index in [1.807, 2.05) is 32.9 Å². The highest BCUT2D eigenvalue weighted by Crippen LogP contribution is 2.49. The molecule has 0 N–H and O–H groups in total. The standard InChI is InChI=1S/C38H44N4O7.CHF3O3S/c1-24(2)33-34-25(3)31(35(39(34)36(33)43)38(45)49-37(44)27-11-13-28(14-12-27)40(46)47)23-48-32-10-6-8-29-26(7-5-9-30(29)32)15-16-42-20-17-41(4,18-21-42)19-22-42;2-1(3,4)8(5,6)7/h5-14,24-25,33-34H,15-23H2,1-4H3;(H,5,6,7)/q+2;/p-1/t25-,33+,34+,41?,42?;/m0./s1. The van der Waals surface area contributed by atoms with Gasteiger partial charge in [-0.15, -0.1) is 0 Å². The number of amides is 1. The number of alkyl halides is 3. The highest BCUT2D eigenvalue weighted by molar-refractivity contribution is 7.86. The summed E-state index contributed by atoms with van der Waals surface area (Å²) in [7, 11) is -3.70. The van der Waals surface area contributed by atoms with Crippen molar-refractivity contribution >= 4 is 44.4 Å². The smallest absolute Gasteiger partial charge is 0.485 e. The fourth-order valence-electron chi connectivity index (χ4n) is 8.49. The molecule has 3 aromatic carbocycles. The first-order chi connectivity index (χ1) is 26.7. The van der Waals surface area contributed by atoms with Gasteiger partial charge in [-0.25, -0.2) is 18.0 Å². The molecule has 306 valence electrons. The van der Waals surface area contributed by atoms with Crippen molar-refractivity contribution < 1.29 is 63.9 Å². The summed E-state index contributed by atoms with van der Waals surface area (Å²) in [5.74, 6) is -1.78. The lowest BCUT2D eigenvalue weighted by Gasteiger charge is -2.54. The number of carbonyl (C=O) groups excluding carboxylic acids is 3. The van der Waals surface area contributed by atoms with Crippen LogP contribution in [0.3, 0.4) is 0 Å². The molecule has 57 heavy (non-hydrogen) atoms. The van der Waals surface area contributed by atoms with Gasteiger partial charge in [0.05, 0.1) is 36.0 Å². The Morgan fingerprint density at radius 3 is 2.09 bits per heavy atom. The third-order valence-corrected chi connectivity index (χ3v) is 12.6. The summed E-state index contributed by atoms with van der Waals surface area (Å²) in [6.45, 7) is 14.6. The highest BCUT2D eigenvalue weighted by Gasteiger charge is 2.59. The monoisotopic (exact) mass is 817 g/mol. The molecule has 4 fully saturated rings. The molecule has 0 aliphatic carbocycles. The highest BCUT2D eigenvalue weighted by atomic mass is 32.2. The quantitative estimate of drug-likeness (QED) is 0.0405. The van der Waals surface area contributed by atoms with Gasteiger partial charge >= 0.3 is 17.4 Å². The molecule has 5 heterocycles. The van der Waals surface area contributed by atoms with Crippen LogP contribution in [0.5, 0.6) is 5.75 Å². The van der Waals surface area contributed by atoms with Gasteiger partial charge in [0.2, 0.25) is 5.91 Å². The van der Waals surface area contributed by atoms with Crippen LogP contribution in [0.4, 0.5) is 18.9 Å². The molecule has 8 rings (SSSR count). The van der Waals surface area contributed by atoms with E-state index in [0.29, 0.717) is 11.3 Å². The number of non-ortho nitro benzene ring substituents is 1. The number of β-lactam (4-membered cyclic amide) rings is 1. The van der Waals surface area contributed by atoms with E-state index in [1.165, 1.54) is 83.0 Å². The molecule has 0 unspecified atom stereocenters. The van der Waals surface area contributed by atoms with E-state index in [0.717, 1.165) is 23.7 Å². The molecule has 0 aromatic heterocycles. The first kappa shape index (κ1) is 41.7. The first-order valence-corrected chi connectivity index (χ1v) is 20.0. The number of nitro benzene ring substituents is 1. The van der Waals surface area contributed by atoms with Gasteiger partial charge in [0.1, 0.15) is 57.3 Å². The summed E-state index contributed by atoms with van der Waals surface area (Å²) in [6, 6.07) is 17.0. The molecule has 0 saturated carbocycles. The normalized spacial score (nSPS) is 25.5. The molecule has 18 heteroatoms. The predicted molar refractivity (Wildman–Crippen MR) is 198 cm³/mol. The fourth-order valence-corrected chi connectivity index (χ4v) is 8.49. The second-order valence-electron chi connectivity index (χ2n) is 15.8. The van der Waals surface area contributed by atoms with Crippen LogP contribution in [0, 0.1) is 27.9 Å². The van der Waals surface area contributed by atoms with Crippen molar-refractivity contribution in [3.63, 3.8) is 0 Å². The van der Waals surface area contributed by atoms with E-state index in [2.05, 4.69) is 31.3 Å². The number of hydrogen-bond acceptors (Lipinski definition) is 10. The second-order valence-corrected chi connectivity index (χ2v) is 17.2. The number of nitrogens with zero attached hydrogens (tertiary/aromatic N) is 4. The van der Waals surface area contributed by atoms with Crippen molar-refractivity contribution in [1.82, 2.24) is 4.90 Å². The van der Waals surface area contributed by atoms with Crippen LogP contribution in [0.1, 0.15) is 36.7 Å². The molecule has 1 amide bonds. The van der Waals surface area contributed by atoms with E-state index in [4.69, 9.17) is 22.4 Å². The Morgan fingerprint density at radius 2 is 1.53 bits per heavy atom. The Kier molecular flexibility index (Phi) is 11.3. The number of likely N-dealkylation sites (N-methyl/N-ethyl adjacent to an activating group) is 1. The minimum atomic E-state index is -6.09. The van der Waals surface area contributed by atoms with Gasteiger partial charge in [-0.05, 0) is 35.1 Å². The molecule has 5 aliphatic heterocycles. The van der Waals surface area contributed by atoms with Crippen LogP contribution in [-0.4, -0.2) is 121 Å². The van der Waals surface area contributed by atoms with Gasteiger partial charge in [-0.3, -0.25) is 14.9 Å². The molecular formula is C39H44F3N4O10S+. The molecule has 0 radical (unpaired) electrons. The average molecular weight is 818 g/mol. The molecule has 4 saturated heterocycles.